The van der Waals surface area contributed by atoms with Crippen molar-refractivity contribution < 1.29 is 13.9 Å². The van der Waals surface area contributed by atoms with Gasteiger partial charge >= 0.3 is 0 Å². The molecule has 0 saturated carbocycles. The molecule has 122 valence electrons. The van der Waals surface area contributed by atoms with Gasteiger partial charge in [0.05, 0.1) is 12.1 Å². The first-order valence-electron chi connectivity index (χ1n) is 7.56. The predicted molar refractivity (Wildman–Crippen MR) is 82.9 cm³/mol. The van der Waals surface area contributed by atoms with Crippen molar-refractivity contribution in [2.24, 2.45) is 0 Å². The lowest BCUT2D eigenvalue weighted by molar-refractivity contribution is 0.101. The van der Waals surface area contributed by atoms with Crippen LogP contribution in [-0.2, 0) is 24.3 Å². The van der Waals surface area contributed by atoms with E-state index in [-0.39, 0.29) is 17.4 Å². The Bertz CT molecular complexity index is 729. The van der Waals surface area contributed by atoms with E-state index in [0.29, 0.717) is 24.7 Å². The lowest BCUT2D eigenvalue weighted by Gasteiger charge is -2.25. The number of hydrogen-bond acceptors (Lipinski definition) is 5. The molecule has 0 bridgehead atoms. The molecule has 23 heavy (non-hydrogen) atoms. The minimum atomic E-state index is -0.498. The summed E-state index contributed by atoms with van der Waals surface area (Å²) >= 11 is 0. The molecule has 0 amide bonds. The zero-order valence-electron chi connectivity index (χ0n) is 13.2. The van der Waals surface area contributed by atoms with E-state index in [0.717, 1.165) is 18.7 Å². The third-order valence-electron chi connectivity index (χ3n) is 3.90. The number of Topliss-reactive ketones (excluding diaryl/α,β-unsaturated/α-hetero) is 1. The van der Waals surface area contributed by atoms with Crippen molar-refractivity contribution in [1.29, 1.82) is 0 Å². The maximum atomic E-state index is 13.9. The van der Waals surface area contributed by atoms with E-state index < -0.39 is 5.82 Å². The van der Waals surface area contributed by atoms with E-state index in [1.807, 2.05) is 4.68 Å². The average molecular weight is 318 g/mol. The van der Waals surface area contributed by atoms with Crippen LogP contribution in [0.1, 0.15) is 35.4 Å². The minimum Gasteiger partial charge on any atom is -0.380 e. The number of nitrogens with one attached hydrogen (secondary N) is 1. The van der Waals surface area contributed by atoms with E-state index in [9.17, 15) is 9.18 Å². The van der Waals surface area contributed by atoms with Gasteiger partial charge in [-0.2, -0.15) is 5.10 Å². The van der Waals surface area contributed by atoms with Crippen LogP contribution in [0.4, 0.5) is 10.1 Å². The highest BCUT2D eigenvalue weighted by atomic mass is 19.1. The van der Waals surface area contributed by atoms with Crippen molar-refractivity contribution in [3.63, 3.8) is 0 Å². The number of anilines is 1. The summed E-state index contributed by atoms with van der Waals surface area (Å²) in [4.78, 5) is 16.1. The lowest BCUT2D eigenvalue weighted by Crippen LogP contribution is -2.32. The Labute approximate surface area is 133 Å². The molecule has 0 spiro atoms. The monoisotopic (exact) mass is 318 g/mol. The van der Waals surface area contributed by atoms with Crippen LogP contribution in [0.15, 0.2) is 18.2 Å². The number of halogens is 1. The number of carbonyl (C=O) groups is 1. The molecule has 0 aliphatic carbocycles. The summed E-state index contributed by atoms with van der Waals surface area (Å²) in [5.41, 5.74) is 0.639. The number of ether oxygens (including phenoxy) is 1. The summed E-state index contributed by atoms with van der Waals surface area (Å²) in [5, 5.41) is 7.68. The molecule has 1 N–H and O–H groups in total. The molecule has 1 aliphatic heterocycles. The van der Waals surface area contributed by atoms with Gasteiger partial charge in [-0.1, -0.05) is 6.07 Å². The highest BCUT2D eigenvalue weighted by molar-refractivity contribution is 5.99. The van der Waals surface area contributed by atoms with Crippen molar-refractivity contribution in [3.05, 3.63) is 41.2 Å². The Morgan fingerprint density at radius 1 is 1.52 bits per heavy atom. The number of fused-ring (bicyclic) bond motifs is 1. The molecule has 1 atom stereocenters. The van der Waals surface area contributed by atoms with Crippen molar-refractivity contribution in [1.82, 2.24) is 14.8 Å². The fourth-order valence-corrected chi connectivity index (χ4v) is 2.89. The van der Waals surface area contributed by atoms with Gasteiger partial charge < -0.3 is 10.1 Å². The summed E-state index contributed by atoms with van der Waals surface area (Å²) in [6.45, 7) is 2.38. The van der Waals surface area contributed by atoms with Gasteiger partial charge in [0.2, 0.25) is 0 Å². The van der Waals surface area contributed by atoms with Gasteiger partial charge in [-0.3, -0.25) is 4.79 Å². The fraction of sp³-hybridized carbons (Fsp3) is 0.438. The third-order valence-corrected chi connectivity index (χ3v) is 3.90. The number of methoxy groups -OCH3 is 1. The maximum Gasteiger partial charge on any atom is 0.176 e. The van der Waals surface area contributed by atoms with Crippen molar-refractivity contribution >= 4 is 11.5 Å². The van der Waals surface area contributed by atoms with Crippen LogP contribution in [0.25, 0.3) is 0 Å². The molecule has 1 aromatic carbocycles. The molecule has 1 aliphatic rings. The van der Waals surface area contributed by atoms with Crippen LogP contribution in [0, 0.1) is 5.82 Å². The summed E-state index contributed by atoms with van der Waals surface area (Å²) in [6, 6.07) is 4.70. The van der Waals surface area contributed by atoms with Gasteiger partial charge in [0.1, 0.15) is 18.2 Å². The molecule has 3 rings (SSSR count). The lowest BCUT2D eigenvalue weighted by atomic mass is 10.0. The smallest absolute Gasteiger partial charge is 0.176 e. The zero-order valence-corrected chi connectivity index (χ0v) is 13.2. The SMILES string of the molecule is COCc1nc2n(n1)CC(Nc1cccc(F)c1C(C)=O)CC2. The van der Waals surface area contributed by atoms with Crippen molar-refractivity contribution in [2.75, 3.05) is 12.4 Å². The number of benzene rings is 1. The van der Waals surface area contributed by atoms with E-state index in [1.54, 1.807) is 19.2 Å². The van der Waals surface area contributed by atoms with Crippen LogP contribution in [0.3, 0.4) is 0 Å². The first kappa shape index (κ1) is 15.6. The van der Waals surface area contributed by atoms with Gasteiger partial charge in [0.15, 0.2) is 11.6 Å². The van der Waals surface area contributed by atoms with E-state index >= 15 is 0 Å². The van der Waals surface area contributed by atoms with E-state index in [4.69, 9.17) is 4.74 Å². The molecule has 0 fully saturated rings. The van der Waals surface area contributed by atoms with Crippen LogP contribution in [0.5, 0.6) is 0 Å². The standard InChI is InChI=1S/C16H19FN4O2/c1-10(22)16-12(17)4-3-5-13(16)18-11-6-7-15-19-14(9-23-2)20-21(15)8-11/h3-5,11,18H,6-9H2,1-2H3. The summed E-state index contributed by atoms with van der Waals surface area (Å²) in [7, 11) is 1.61. The van der Waals surface area contributed by atoms with Gasteiger partial charge in [0.25, 0.3) is 0 Å². The number of aryl methyl sites for hydroxylation is 1. The van der Waals surface area contributed by atoms with Gasteiger partial charge in [-0.15, -0.1) is 0 Å². The molecule has 0 saturated heterocycles. The van der Waals surface area contributed by atoms with Crippen LogP contribution < -0.4 is 5.32 Å². The predicted octanol–water partition coefficient (Wildman–Crippen LogP) is 2.19. The largest absolute Gasteiger partial charge is 0.380 e. The molecule has 2 aromatic rings. The van der Waals surface area contributed by atoms with Crippen LogP contribution in [-0.4, -0.2) is 33.7 Å². The molecular formula is C16H19FN4O2. The number of carbonyl (C=O) groups excluding carboxylic acids is 1. The maximum absolute atomic E-state index is 13.9. The third kappa shape index (κ3) is 3.24. The Morgan fingerprint density at radius 2 is 2.35 bits per heavy atom. The highest BCUT2D eigenvalue weighted by Gasteiger charge is 2.23. The second kappa shape index (κ2) is 6.45. The Morgan fingerprint density at radius 3 is 3.09 bits per heavy atom. The average Bonchev–Trinajstić information content (AvgIpc) is 2.89. The summed E-state index contributed by atoms with van der Waals surface area (Å²) < 4.78 is 20.8. The quantitative estimate of drug-likeness (QED) is 0.856. The van der Waals surface area contributed by atoms with Crippen molar-refractivity contribution in [2.45, 2.75) is 39.0 Å². The van der Waals surface area contributed by atoms with Gasteiger partial charge in [-0.25, -0.2) is 14.1 Å². The topological polar surface area (TPSA) is 69.0 Å². The Kier molecular flexibility index (Phi) is 4.38. The van der Waals surface area contributed by atoms with Crippen LogP contribution in [0.2, 0.25) is 0 Å². The number of ketones is 1. The van der Waals surface area contributed by atoms with Gasteiger partial charge in [-0.05, 0) is 25.5 Å². The second-order valence-electron chi connectivity index (χ2n) is 5.66. The number of hydrogen-bond donors (Lipinski definition) is 1. The van der Waals surface area contributed by atoms with E-state index in [1.165, 1.54) is 13.0 Å². The Hall–Kier alpha value is -2.28. The summed E-state index contributed by atoms with van der Waals surface area (Å²) in [6.07, 6.45) is 1.62. The minimum absolute atomic E-state index is 0.0690. The van der Waals surface area contributed by atoms with E-state index in [2.05, 4.69) is 15.4 Å². The molecule has 0 radical (unpaired) electrons. The summed E-state index contributed by atoms with van der Waals surface area (Å²) in [5.74, 6) is 0.812. The number of rotatable bonds is 5. The van der Waals surface area contributed by atoms with Crippen molar-refractivity contribution in [3.8, 4) is 0 Å². The molecular weight excluding hydrogens is 299 g/mol. The molecule has 2 heterocycles. The normalized spacial score (nSPS) is 16.9. The molecule has 6 nitrogen and oxygen atoms in total. The van der Waals surface area contributed by atoms with Gasteiger partial charge in [0, 0.05) is 25.3 Å². The molecule has 1 aromatic heterocycles. The second-order valence-corrected chi connectivity index (χ2v) is 5.66. The first-order valence-corrected chi connectivity index (χ1v) is 7.56. The first-order chi connectivity index (χ1) is 11.1. The number of aromatic nitrogens is 3. The molecule has 7 heteroatoms. The highest BCUT2D eigenvalue weighted by Crippen LogP contribution is 2.23. The number of nitrogens with zero attached hydrogens (tertiary/aromatic N) is 3. The fourth-order valence-electron chi connectivity index (χ4n) is 2.89. The zero-order chi connectivity index (χ0) is 16.4. The Balaban J connectivity index is 1.77. The molecule has 1 unspecified atom stereocenters. The van der Waals surface area contributed by atoms with Crippen LogP contribution >= 0.6 is 0 Å².